The van der Waals surface area contributed by atoms with Crippen LogP contribution in [-0.4, -0.2) is 24.7 Å². The monoisotopic (exact) mass is 393 g/mol. The Balaban J connectivity index is 1.83. The van der Waals surface area contributed by atoms with Gasteiger partial charge in [-0.3, -0.25) is 10.1 Å². The molecule has 0 fully saturated rings. The van der Waals surface area contributed by atoms with Gasteiger partial charge in [0.15, 0.2) is 0 Å². The highest BCUT2D eigenvalue weighted by molar-refractivity contribution is 5.41. The number of hydrogen-bond donors (Lipinski definition) is 0. The van der Waals surface area contributed by atoms with Crippen molar-refractivity contribution in [2.24, 2.45) is 0 Å². The van der Waals surface area contributed by atoms with Gasteiger partial charge >= 0.3 is 11.9 Å². The first kappa shape index (κ1) is 19.3. The maximum atomic E-state index is 12.7. The summed E-state index contributed by atoms with van der Waals surface area (Å²) in [5.41, 5.74) is 0.131. The summed E-state index contributed by atoms with van der Waals surface area (Å²) in [5.74, 6) is 0. The molecule has 0 aliphatic rings. The second kappa shape index (κ2) is 7.25. The van der Waals surface area contributed by atoms with E-state index in [1.54, 1.807) is 19.1 Å². The largest absolute Gasteiger partial charge is 0.416 e. The van der Waals surface area contributed by atoms with Crippen molar-refractivity contribution in [3.63, 3.8) is 0 Å². The van der Waals surface area contributed by atoms with Crippen LogP contribution in [-0.2, 0) is 19.3 Å². The maximum absolute atomic E-state index is 12.7. The van der Waals surface area contributed by atoms with Crippen molar-refractivity contribution < 1.29 is 18.1 Å². The quantitative estimate of drug-likeness (QED) is 0.491. The lowest BCUT2D eigenvalue weighted by Crippen LogP contribution is -2.25. The van der Waals surface area contributed by atoms with Crippen LogP contribution in [0.1, 0.15) is 22.3 Å². The third-order valence-electron chi connectivity index (χ3n) is 4.13. The number of halogens is 3. The van der Waals surface area contributed by atoms with E-state index in [0.717, 1.165) is 12.1 Å². The Hall–Kier alpha value is -3.50. The van der Waals surface area contributed by atoms with E-state index in [-0.39, 0.29) is 18.8 Å². The summed E-state index contributed by atoms with van der Waals surface area (Å²) in [6.07, 6.45) is -4.44. The van der Waals surface area contributed by atoms with Crippen molar-refractivity contribution in [3.8, 4) is 0 Å². The van der Waals surface area contributed by atoms with Gasteiger partial charge in [0.1, 0.15) is 0 Å². The number of aryl methyl sites for hydroxylation is 1. The number of rotatable bonds is 5. The Bertz CT molecular complexity index is 1070. The fraction of sp³-hybridized carbons (Fsp3) is 0.235. The highest BCUT2D eigenvalue weighted by Crippen LogP contribution is 2.29. The van der Waals surface area contributed by atoms with Gasteiger partial charge in [0.25, 0.3) is 5.69 Å². The molecule has 3 aromatic rings. The first-order valence-corrected chi connectivity index (χ1v) is 8.06. The van der Waals surface area contributed by atoms with Gasteiger partial charge in [0.05, 0.1) is 23.6 Å². The lowest BCUT2D eigenvalue weighted by atomic mass is 10.1. The number of nitrogens with zero attached hydrogens (tertiary/aromatic N) is 5. The van der Waals surface area contributed by atoms with Crippen molar-refractivity contribution in [1.29, 1.82) is 0 Å². The number of hydrogen-bond acceptors (Lipinski definition) is 5. The Morgan fingerprint density at radius 1 is 1.07 bits per heavy atom. The molecule has 0 aliphatic carbocycles. The SMILES string of the molecule is Cc1cc(Cn2nnc(=O)n2Cc2ccc(C(F)(F)F)cc2)ccc1[N+](=O)[O-]. The van der Waals surface area contributed by atoms with Crippen molar-refractivity contribution in [2.45, 2.75) is 26.2 Å². The van der Waals surface area contributed by atoms with E-state index in [1.165, 1.54) is 27.7 Å². The molecule has 146 valence electrons. The van der Waals surface area contributed by atoms with Crippen LogP contribution >= 0.6 is 0 Å². The molecule has 0 saturated carbocycles. The van der Waals surface area contributed by atoms with Gasteiger partial charge in [-0.2, -0.15) is 18.0 Å². The number of nitro benzene ring substituents is 1. The molecule has 28 heavy (non-hydrogen) atoms. The Kier molecular flexibility index (Phi) is 4.99. The number of aromatic nitrogens is 4. The number of benzene rings is 2. The summed E-state index contributed by atoms with van der Waals surface area (Å²) in [6.45, 7) is 1.70. The van der Waals surface area contributed by atoms with Crippen molar-refractivity contribution >= 4 is 5.69 Å². The first-order chi connectivity index (χ1) is 13.1. The van der Waals surface area contributed by atoms with E-state index in [9.17, 15) is 28.1 Å². The first-order valence-electron chi connectivity index (χ1n) is 8.06. The van der Waals surface area contributed by atoms with Crippen LogP contribution in [0.4, 0.5) is 18.9 Å². The minimum atomic E-state index is -4.44. The number of alkyl halides is 3. The van der Waals surface area contributed by atoms with Crippen molar-refractivity contribution in [2.75, 3.05) is 0 Å². The lowest BCUT2D eigenvalue weighted by Gasteiger charge is -2.11. The van der Waals surface area contributed by atoms with E-state index in [0.29, 0.717) is 16.7 Å². The molecule has 0 N–H and O–H groups in total. The Morgan fingerprint density at radius 3 is 2.29 bits per heavy atom. The maximum Gasteiger partial charge on any atom is 0.416 e. The van der Waals surface area contributed by atoms with Crippen LogP contribution in [0.3, 0.4) is 0 Å². The fourth-order valence-corrected chi connectivity index (χ4v) is 2.71. The molecule has 1 aromatic heterocycles. The second-order valence-corrected chi connectivity index (χ2v) is 6.13. The van der Waals surface area contributed by atoms with Crippen molar-refractivity contribution in [3.05, 3.63) is 85.3 Å². The molecule has 0 radical (unpaired) electrons. The molecule has 0 bridgehead atoms. The van der Waals surface area contributed by atoms with Gasteiger partial charge in [0, 0.05) is 11.6 Å². The van der Waals surface area contributed by atoms with E-state index in [2.05, 4.69) is 10.3 Å². The third-order valence-corrected chi connectivity index (χ3v) is 4.13. The zero-order valence-electron chi connectivity index (χ0n) is 14.6. The smallest absolute Gasteiger partial charge is 0.258 e. The van der Waals surface area contributed by atoms with Crippen LogP contribution in [0.5, 0.6) is 0 Å². The fourth-order valence-electron chi connectivity index (χ4n) is 2.71. The highest BCUT2D eigenvalue weighted by Gasteiger charge is 2.30. The van der Waals surface area contributed by atoms with Crippen LogP contribution in [0, 0.1) is 17.0 Å². The second-order valence-electron chi connectivity index (χ2n) is 6.13. The summed E-state index contributed by atoms with van der Waals surface area (Å²) in [5, 5.41) is 18.1. The normalized spacial score (nSPS) is 11.6. The van der Waals surface area contributed by atoms with Gasteiger partial charge in [-0.25, -0.2) is 9.48 Å². The summed E-state index contributed by atoms with van der Waals surface area (Å²) in [6, 6.07) is 8.94. The van der Waals surface area contributed by atoms with Gasteiger partial charge in [0.2, 0.25) is 0 Å². The molecule has 2 aromatic carbocycles. The van der Waals surface area contributed by atoms with Gasteiger partial charge in [-0.15, -0.1) is 0 Å². The molecule has 0 saturated heterocycles. The minimum Gasteiger partial charge on any atom is -0.258 e. The lowest BCUT2D eigenvalue weighted by molar-refractivity contribution is -0.385. The average Bonchev–Trinajstić information content (AvgIpc) is 2.94. The van der Waals surface area contributed by atoms with Crippen LogP contribution in [0.25, 0.3) is 0 Å². The van der Waals surface area contributed by atoms with E-state index >= 15 is 0 Å². The van der Waals surface area contributed by atoms with E-state index in [1.807, 2.05) is 0 Å². The van der Waals surface area contributed by atoms with E-state index in [4.69, 9.17) is 0 Å². The average molecular weight is 393 g/mol. The summed E-state index contributed by atoms with van der Waals surface area (Å²) in [7, 11) is 0. The van der Waals surface area contributed by atoms with E-state index < -0.39 is 22.4 Å². The van der Waals surface area contributed by atoms with Crippen LogP contribution < -0.4 is 5.69 Å². The molecular weight excluding hydrogens is 379 g/mol. The zero-order chi connectivity index (χ0) is 20.5. The topological polar surface area (TPSA) is 95.8 Å². The predicted octanol–water partition coefficient (Wildman–Crippen LogP) is 2.77. The molecular formula is C17H14F3N5O3. The molecule has 0 unspecified atom stereocenters. The molecule has 8 nitrogen and oxygen atoms in total. The summed E-state index contributed by atoms with van der Waals surface area (Å²) >= 11 is 0. The number of tetrazole rings is 1. The molecule has 3 rings (SSSR count). The molecule has 11 heteroatoms. The summed E-state index contributed by atoms with van der Waals surface area (Å²) in [4.78, 5) is 23.6. The molecule has 0 aliphatic heterocycles. The van der Waals surface area contributed by atoms with Crippen molar-refractivity contribution in [1.82, 2.24) is 19.8 Å². The van der Waals surface area contributed by atoms with Crippen LogP contribution in [0.15, 0.2) is 47.3 Å². The third kappa shape index (κ3) is 4.08. The molecule has 0 atom stereocenters. The van der Waals surface area contributed by atoms with Crippen LogP contribution in [0.2, 0.25) is 0 Å². The summed E-state index contributed by atoms with van der Waals surface area (Å²) < 4.78 is 39.2. The molecule has 1 heterocycles. The molecule has 0 amide bonds. The highest BCUT2D eigenvalue weighted by atomic mass is 19.4. The Morgan fingerprint density at radius 2 is 1.71 bits per heavy atom. The molecule has 0 spiro atoms. The van der Waals surface area contributed by atoms with Gasteiger partial charge < -0.3 is 0 Å². The predicted molar refractivity (Wildman–Crippen MR) is 91.8 cm³/mol. The Labute approximate surface area is 156 Å². The zero-order valence-corrected chi connectivity index (χ0v) is 14.6. The van der Waals surface area contributed by atoms with Gasteiger partial charge in [-0.05, 0) is 41.5 Å². The number of nitro groups is 1. The van der Waals surface area contributed by atoms with Gasteiger partial charge in [-0.1, -0.05) is 23.3 Å². The standard InChI is InChI=1S/C17H14F3N5O3/c1-11-8-13(4-7-15(11)25(27)28)10-24-22-21-16(26)23(24)9-12-2-5-14(6-3-12)17(18,19)20/h2-8H,9-10H2,1H3. The minimum absolute atomic E-state index is 0.0179.